The molecule has 5 aromatic carbocycles. The average molecular weight is 514 g/mol. The fourth-order valence-electron chi connectivity index (χ4n) is 7.17. The van der Waals surface area contributed by atoms with E-state index in [1.165, 1.54) is 71.7 Å². The predicted molar refractivity (Wildman–Crippen MR) is 172 cm³/mol. The Morgan fingerprint density at radius 1 is 0.600 bits per heavy atom. The van der Waals surface area contributed by atoms with E-state index in [0.717, 1.165) is 19.3 Å². The number of rotatable bonds is 3. The predicted octanol–water partition coefficient (Wildman–Crippen LogP) is 10.9. The van der Waals surface area contributed by atoms with Crippen LogP contribution in [0.2, 0.25) is 0 Å². The van der Waals surface area contributed by atoms with Gasteiger partial charge in [-0.1, -0.05) is 122 Å². The van der Waals surface area contributed by atoms with Crippen molar-refractivity contribution < 1.29 is 0 Å². The van der Waals surface area contributed by atoms with Crippen molar-refractivity contribution in [1.29, 1.82) is 0 Å². The SMILES string of the molecule is CC1CC=Cc2c1n(C1=CC=C(c3c4ccccc4c(-c4ccccc4)c4ccccc34)CC1)c1ccccc21. The fraction of sp³-hybridized carbons (Fsp3) is 0.128. The molecule has 1 heterocycles. The molecule has 0 N–H and O–H groups in total. The minimum Gasteiger partial charge on any atom is -0.316 e. The molecule has 1 nitrogen and oxygen atoms in total. The van der Waals surface area contributed by atoms with Crippen molar-refractivity contribution in [2.24, 2.45) is 0 Å². The molecule has 0 saturated carbocycles. The number of hydrogen-bond acceptors (Lipinski definition) is 0. The second kappa shape index (κ2) is 9.24. The maximum Gasteiger partial charge on any atom is 0.0534 e. The third-order valence-electron chi connectivity index (χ3n) is 8.92. The zero-order chi connectivity index (χ0) is 26.6. The molecule has 0 radical (unpaired) electrons. The van der Waals surface area contributed by atoms with E-state index in [1.54, 1.807) is 0 Å². The van der Waals surface area contributed by atoms with Crippen LogP contribution < -0.4 is 0 Å². The Bertz CT molecular complexity index is 1970. The third-order valence-corrected chi connectivity index (χ3v) is 8.92. The van der Waals surface area contributed by atoms with E-state index in [2.05, 4.69) is 139 Å². The summed E-state index contributed by atoms with van der Waals surface area (Å²) in [4.78, 5) is 0. The van der Waals surface area contributed by atoms with Gasteiger partial charge in [-0.25, -0.2) is 0 Å². The van der Waals surface area contributed by atoms with Gasteiger partial charge in [-0.3, -0.25) is 0 Å². The minimum absolute atomic E-state index is 0.511. The van der Waals surface area contributed by atoms with Gasteiger partial charge in [0, 0.05) is 28.3 Å². The number of allylic oxidation sites excluding steroid dienone is 5. The van der Waals surface area contributed by atoms with E-state index >= 15 is 0 Å². The molecule has 1 aromatic heterocycles. The van der Waals surface area contributed by atoms with Crippen molar-refractivity contribution in [3.8, 4) is 11.1 Å². The van der Waals surface area contributed by atoms with Gasteiger partial charge in [0.2, 0.25) is 0 Å². The van der Waals surface area contributed by atoms with Crippen LogP contribution in [-0.4, -0.2) is 4.57 Å². The highest BCUT2D eigenvalue weighted by atomic mass is 15.0. The molecule has 0 saturated heterocycles. The first-order valence-corrected chi connectivity index (χ1v) is 14.5. The van der Waals surface area contributed by atoms with Crippen LogP contribution in [-0.2, 0) is 0 Å². The summed E-state index contributed by atoms with van der Waals surface area (Å²) >= 11 is 0. The fourth-order valence-corrected chi connectivity index (χ4v) is 7.17. The lowest BCUT2D eigenvalue weighted by molar-refractivity contribution is 0.720. The topological polar surface area (TPSA) is 4.93 Å². The Balaban J connectivity index is 1.35. The second-order valence-corrected chi connectivity index (χ2v) is 11.2. The first-order valence-electron chi connectivity index (χ1n) is 14.5. The summed E-state index contributed by atoms with van der Waals surface area (Å²) < 4.78 is 2.57. The molecular formula is C39H31N. The standard InChI is InChI=1S/C39H31N/c1-26-12-11-20-35-30-15-9-10-21-36(30)40(39(26)35)29-24-22-28(23-25-29)38-33-18-7-5-16-31(33)37(27-13-3-2-4-14-27)32-17-6-8-19-34(32)38/h2-11,13-22,24,26H,12,23,25H2,1H3. The summed E-state index contributed by atoms with van der Waals surface area (Å²) in [6, 6.07) is 37.7. The molecule has 0 spiro atoms. The summed E-state index contributed by atoms with van der Waals surface area (Å²) in [5.41, 5.74) is 11.0. The van der Waals surface area contributed by atoms with E-state index < -0.39 is 0 Å². The monoisotopic (exact) mass is 513 g/mol. The number of aromatic nitrogens is 1. The smallest absolute Gasteiger partial charge is 0.0534 e. The van der Waals surface area contributed by atoms with Gasteiger partial charge in [-0.05, 0) is 75.2 Å². The van der Waals surface area contributed by atoms with E-state index in [9.17, 15) is 0 Å². The Morgan fingerprint density at radius 3 is 1.85 bits per heavy atom. The van der Waals surface area contributed by atoms with Crippen LogP contribution in [0.5, 0.6) is 0 Å². The maximum atomic E-state index is 2.57. The zero-order valence-electron chi connectivity index (χ0n) is 22.8. The van der Waals surface area contributed by atoms with Crippen LogP contribution in [0.1, 0.15) is 48.9 Å². The molecule has 0 amide bonds. The first kappa shape index (κ1) is 23.3. The molecule has 1 unspecified atom stereocenters. The lowest BCUT2D eigenvalue weighted by atomic mass is 9.83. The molecular weight excluding hydrogens is 482 g/mol. The van der Waals surface area contributed by atoms with E-state index in [4.69, 9.17) is 0 Å². The molecule has 2 aliphatic carbocycles. The number of hydrogen-bond donors (Lipinski definition) is 0. The van der Waals surface area contributed by atoms with E-state index in [-0.39, 0.29) is 0 Å². The third kappa shape index (κ3) is 3.47. The Morgan fingerprint density at radius 2 is 1.20 bits per heavy atom. The summed E-state index contributed by atoms with van der Waals surface area (Å²) in [6.07, 6.45) is 12.6. The minimum atomic E-state index is 0.511. The first-order chi connectivity index (χ1) is 19.8. The van der Waals surface area contributed by atoms with Crippen molar-refractivity contribution >= 4 is 49.8 Å². The molecule has 192 valence electrons. The van der Waals surface area contributed by atoms with Crippen LogP contribution in [0.25, 0.3) is 60.9 Å². The number of nitrogens with zero attached hydrogens (tertiary/aromatic N) is 1. The largest absolute Gasteiger partial charge is 0.316 e. The van der Waals surface area contributed by atoms with Gasteiger partial charge in [-0.15, -0.1) is 0 Å². The van der Waals surface area contributed by atoms with Crippen molar-refractivity contribution in [3.05, 3.63) is 138 Å². The Labute approximate surface area is 235 Å². The van der Waals surface area contributed by atoms with Gasteiger partial charge in [0.1, 0.15) is 0 Å². The normalized spacial score (nSPS) is 16.8. The Kier molecular flexibility index (Phi) is 5.38. The molecule has 1 heteroatoms. The molecule has 0 aliphatic heterocycles. The van der Waals surface area contributed by atoms with Crippen molar-refractivity contribution in [1.82, 2.24) is 4.57 Å². The zero-order valence-corrected chi connectivity index (χ0v) is 22.8. The molecule has 0 fully saturated rings. The van der Waals surface area contributed by atoms with Crippen LogP contribution >= 0.6 is 0 Å². The molecule has 1 atom stereocenters. The molecule has 2 aliphatic rings. The molecule has 8 rings (SSSR count). The van der Waals surface area contributed by atoms with Gasteiger partial charge in [0.15, 0.2) is 0 Å². The van der Waals surface area contributed by atoms with Gasteiger partial charge < -0.3 is 4.57 Å². The molecule has 0 bridgehead atoms. The van der Waals surface area contributed by atoms with E-state index in [1.807, 2.05) is 0 Å². The summed E-state index contributed by atoms with van der Waals surface area (Å²) in [5, 5.41) is 6.69. The Hall–Kier alpha value is -4.62. The number of para-hydroxylation sites is 1. The summed E-state index contributed by atoms with van der Waals surface area (Å²) in [5.74, 6) is 0.511. The van der Waals surface area contributed by atoms with E-state index in [0.29, 0.717) is 5.92 Å². The highest BCUT2D eigenvalue weighted by Crippen LogP contribution is 2.45. The van der Waals surface area contributed by atoms with Gasteiger partial charge in [0.25, 0.3) is 0 Å². The van der Waals surface area contributed by atoms with Crippen molar-refractivity contribution in [2.45, 2.75) is 32.1 Å². The highest BCUT2D eigenvalue weighted by Gasteiger charge is 2.25. The average Bonchev–Trinajstić information content (AvgIpc) is 3.36. The quantitative estimate of drug-likeness (QED) is 0.207. The maximum absolute atomic E-state index is 2.57. The lowest BCUT2D eigenvalue weighted by Crippen LogP contribution is -2.09. The number of benzene rings is 5. The van der Waals surface area contributed by atoms with Crippen LogP contribution in [0, 0.1) is 0 Å². The summed E-state index contributed by atoms with van der Waals surface area (Å²) in [6.45, 7) is 2.37. The van der Waals surface area contributed by atoms with Gasteiger partial charge in [-0.2, -0.15) is 0 Å². The van der Waals surface area contributed by atoms with Gasteiger partial charge >= 0.3 is 0 Å². The van der Waals surface area contributed by atoms with Crippen LogP contribution in [0.15, 0.2) is 121 Å². The second-order valence-electron chi connectivity index (χ2n) is 11.2. The molecule has 40 heavy (non-hydrogen) atoms. The lowest BCUT2D eigenvalue weighted by Gasteiger charge is -2.25. The van der Waals surface area contributed by atoms with Crippen molar-refractivity contribution in [3.63, 3.8) is 0 Å². The van der Waals surface area contributed by atoms with Gasteiger partial charge in [0.05, 0.1) is 5.52 Å². The summed E-state index contributed by atoms with van der Waals surface area (Å²) in [7, 11) is 0. The van der Waals surface area contributed by atoms with Crippen LogP contribution in [0.3, 0.4) is 0 Å². The number of fused-ring (bicyclic) bond motifs is 5. The van der Waals surface area contributed by atoms with Crippen molar-refractivity contribution in [2.75, 3.05) is 0 Å². The van der Waals surface area contributed by atoms with Crippen LogP contribution in [0.4, 0.5) is 0 Å². The highest BCUT2D eigenvalue weighted by molar-refractivity contribution is 6.19. The molecule has 6 aromatic rings.